The van der Waals surface area contributed by atoms with Gasteiger partial charge in [0.25, 0.3) is 11.8 Å². The maximum absolute atomic E-state index is 15.9. The van der Waals surface area contributed by atoms with Gasteiger partial charge in [0.1, 0.15) is 4.75 Å². The molecule has 10 nitrogen and oxygen atoms in total. The largest absolute Gasteiger partial charge is 0.323 e. The number of carbonyl (C=O) groups excluding carboxylic acids is 3. The number of amidine groups is 1. The molecule has 4 amide bonds. The highest BCUT2D eigenvalue weighted by Crippen LogP contribution is 2.68. The maximum atomic E-state index is 15.9. The fraction of sp³-hybridized carbons (Fsp3) is 0.263. The molecule has 50 heavy (non-hydrogen) atoms. The van der Waals surface area contributed by atoms with E-state index in [0.29, 0.717) is 11.7 Å². The molecule has 9 rings (SSSR count). The lowest BCUT2D eigenvalue weighted by Crippen LogP contribution is -2.72. The van der Waals surface area contributed by atoms with Crippen molar-refractivity contribution in [3.8, 4) is 0 Å². The summed E-state index contributed by atoms with van der Waals surface area (Å²) < 4.78 is -0.458. The van der Waals surface area contributed by atoms with Crippen molar-refractivity contribution in [2.45, 2.75) is 27.5 Å². The fourth-order valence-electron chi connectivity index (χ4n) is 9.35. The lowest BCUT2D eigenvalue weighted by atomic mass is 9.72. The van der Waals surface area contributed by atoms with Crippen molar-refractivity contribution in [1.82, 2.24) is 25.1 Å². The second-order valence-electron chi connectivity index (χ2n) is 13.6. The first-order valence-electron chi connectivity index (χ1n) is 16.5. The maximum Gasteiger partial charge on any atom is 0.323 e. The van der Waals surface area contributed by atoms with Gasteiger partial charge in [-0.1, -0.05) is 119 Å². The number of fused-ring (bicyclic) bond motifs is 5. The molecule has 0 saturated carbocycles. The van der Waals surface area contributed by atoms with Crippen LogP contribution in [0.2, 0.25) is 0 Å². The third kappa shape index (κ3) is 3.43. The zero-order valence-electron chi connectivity index (χ0n) is 27.9. The van der Waals surface area contributed by atoms with Crippen LogP contribution in [-0.4, -0.2) is 82.2 Å². The molecular weight excluding hydrogens is 714 g/mol. The zero-order valence-corrected chi connectivity index (χ0v) is 30.3. The van der Waals surface area contributed by atoms with E-state index in [1.54, 1.807) is 35.8 Å². The summed E-state index contributed by atoms with van der Waals surface area (Å²) in [5.41, 5.74) is 3.67. The summed E-state index contributed by atoms with van der Waals surface area (Å²) in [5, 5.41) is 1.93. The zero-order chi connectivity index (χ0) is 34.8. The molecule has 0 aromatic heterocycles. The summed E-state index contributed by atoms with van der Waals surface area (Å²) >= 11 is 4.92. The molecule has 2 spiro atoms. The van der Waals surface area contributed by atoms with E-state index in [-0.39, 0.29) is 17.8 Å². The van der Waals surface area contributed by atoms with Gasteiger partial charge in [0.2, 0.25) is 5.66 Å². The number of thioether (sulfide) groups is 1. The number of urea groups is 1. The number of para-hydroxylation sites is 1. The number of likely N-dealkylation sites (N-methyl/N-ethyl adjacent to an activating group) is 4. The lowest BCUT2D eigenvalue weighted by Gasteiger charge is -2.51. The molecule has 5 atom stereocenters. The average molecular weight is 749 g/mol. The van der Waals surface area contributed by atoms with Gasteiger partial charge in [-0.15, -0.1) is 0 Å². The Morgan fingerprint density at radius 2 is 1.38 bits per heavy atom. The van der Waals surface area contributed by atoms with Crippen LogP contribution in [0.4, 0.5) is 10.5 Å². The predicted octanol–water partition coefficient (Wildman–Crippen LogP) is 5.24. The number of halogens is 1. The quantitative estimate of drug-likeness (QED) is 0.309. The number of carbonyl (C=O) groups is 3. The van der Waals surface area contributed by atoms with Crippen molar-refractivity contribution in [2.75, 3.05) is 39.6 Å². The standard InChI is InChI=1S/C38H34BrN7O3S/c1-42-23-29(24-19-21-27(39)22-20-24)36(35(42)28-17-11-12-18-30(28)43(2)31(35)47)32(48)46-33(50-36)40-37(25-13-7-5-8-14-25)38(41-46,26-15-9-6-10-16-26)45(4)34(49)44(37)3/h5-22,29,41H,23H2,1-4H3/t29?,35?,36?,37-,38+/m1/s1. The summed E-state index contributed by atoms with van der Waals surface area (Å²) in [6.45, 7) is 0.446. The summed E-state index contributed by atoms with van der Waals surface area (Å²) in [6, 6.07) is 35.0. The Labute approximate surface area is 302 Å². The molecule has 3 saturated heterocycles. The van der Waals surface area contributed by atoms with Crippen molar-refractivity contribution in [3.05, 3.63) is 136 Å². The third-order valence-corrected chi connectivity index (χ3v) is 13.6. The number of benzene rings is 4. The molecule has 5 heterocycles. The number of nitrogens with one attached hydrogen (secondary N) is 1. The van der Waals surface area contributed by atoms with Crippen LogP contribution in [0.3, 0.4) is 0 Å². The molecule has 12 heteroatoms. The molecule has 4 aromatic rings. The van der Waals surface area contributed by atoms with Gasteiger partial charge >= 0.3 is 6.03 Å². The van der Waals surface area contributed by atoms with Gasteiger partial charge in [-0.05, 0) is 36.4 Å². The Morgan fingerprint density at radius 1 is 0.760 bits per heavy atom. The highest BCUT2D eigenvalue weighted by Gasteiger charge is 2.81. The number of aliphatic imine (C=N–C) groups is 1. The van der Waals surface area contributed by atoms with Crippen LogP contribution in [-0.2, 0) is 26.5 Å². The Morgan fingerprint density at radius 3 is 2.06 bits per heavy atom. The molecule has 0 bridgehead atoms. The van der Waals surface area contributed by atoms with Crippen LogP contribution in [0.25, 0.3) is 0 Å². The monoisotopic (exact) mass is 747 g/mol. The summed E-state index contributed by atoms with van der Waals surface area (Å²) in [6.07, 6.45) is 0. The van der Waals surface area contributed by atoms with Gasteiger partial charge in [0, 0.05) is 54.9 Å². The van der Waals surface area contributed by atoms with Gasteiger partial charge in [-0.25, -0.2) is 14.8 Å². The number of amides is 4. The van der Waals surface area contributed by atoms with Crippen LogP contribution >= 0.6 is 27.7 Å². The highest BCUT2D eigenvalue weighted by atomic mass is 79.9. The first kappa shape index (κ1) is 31.5. The molecule has 0 aliphatic carbocycles. The normalized spacial score (nSPS) is 31.6. The predicted molar refractivity (Wildman–Crippen MR) is 196 cm³/mol. The molecule has 5 aliphatic rings. The SMILES string of the molecule is CN1C(=O)C2(c3ccccc31)N(C)CC(c1ccc(Br)cc1)C21SC2=N[C@]3(c4ccccc4)N(C)C(=O)N(C)[C@]3(c3ccccc3)NN2C1=O. The van der Waals surface area contributed by atoms with Crippen molar-refractivity contribution in [3.63, 3.8) is 0 Å². The van der Waals surface area contributed by atoms with E-state index in [0.717, 1.165) is 32.4 Å². The second-order valence-corrected chi connectivity index (χ2v) is 15.7. The smallest absolute Gasteiger partial charge is 0.313 e. The van der Waals surface area contributed by atoms with Crippen LogP contribution < -0.4 is 10.3 Å². The molecule has 4 aromatic carbocycles. The Bertz CT molecular complexity index is 2140. The second kappa shape index (κ2) is 10.5. The van der Waals surface area contributed by atoms with Crippen LogP contribution in [0.15, 0.2) is 119 Å². The average Bonchev–Trinajstić information content (AvgIpc) is 3.72. The minimum absolute atomic E-state index is 0.165. The van der Waals surface area contributed by atoms with E-state index in [2.05, 4.69) is 26.3 Å². The van der Waals surface area contributed by atoms with Gasteiger partial charge in [-0.3, -0.25) is 24.3 Å². The molecule has 5 aliphatic heterocycles. The first-order chi connectivity index (χ1) is 24.1. The Hall–Kier alpha value is -4.49. The fourth-order valence-corrected chi connectivity index (χ4v) is 11.3. The van der Waals surface area contributed by atoms with Gasteiger partial charge < -0.3 is 4.90 Å². The molecular formula is C38H34BrN7O3S. The molecule has 1 N–H and O–H groups in total. The Balaban J connectivity index is 1.35. The topological polar surface area (TPSA) is 91.8 Å². The summed E-state index contributed by atoms with van der Waals surface area (Å²) in [4.78, 5) is 57.7. The number of likely N-dealkylation sites (tertiary alicyclic amines) is 1. The first-order valence-corrected chi connectivity index (χ1v) is 18.1. The van der Waals surface area contributed by atoms with E-state index in [4.69, 9.17) is 4.99 Å². The number of rotatable bonds is 3. The summed E-state index contributed by atoms with van der Waals surface area (Å²) in [7, 11) is 7.23. The highest BCUT2D eigenvalue weighted by molar-refractivity contribution is 9.10. The van der Waals surface area contributed by atoms with Gasteiger partial charge in [0.05, 0.1) is 0 Å². The van der Waals surface area contributed by atoms with E-state index in [1.165, 1.54) is 16.8 Å². The number of nitrogens with zero attached hydrogens (tertiary/aromatic N) is 6. The number of hydrogen-bond acceptors (Lipinski definition) is 7. The Kier molecular flexibility index (Phi) is 6.62. The van der Waals surface area contributed by atoms with Crippen LogP contribution in [0.5, 0.6) is 0 Å². The molecule has 0 radical (unpaired) electrons. The number of anilines is 1. The number of hydrogen-bond donors (Lipinski definition) is 1. The van der Waals surface area contributed by atoms with Crippen molar-refractivity contribution >= 4 is 56.4 Å². The third-order valence-electron chi connectivity index (χ3n) is 11.5. The minimum atomic E-state index is -1.38. The van der Waals surface area contributed by atoms with Crippen molar-refractivity contribution in [2.24, 2.45) is 4.99 Å². The molecule has 3 unspecified atom stereocenters. The van der Waals surface area contributed by atoms with Gasteiger partial charge in [0.15, 0.2) is 16.4 Å². The van der Waals surface area contributed by atoms with Crippen molar-refractivity contribution in [1.29, 1.82) is 0 Å². The van der Waals surface area contributed by atoms with E-state index >= 15 is 9.59 Å². The van der Waals surface area contributed by atoms with Gasteiger partial charge in [-0.2, -0.15) is 5.43 Å². The molecule has 3 fully saturated rings. The lowest BCUT2D eigenvalue weighted by molar-refractivity contribution is -0.145. The molecule has 252 valence electrons. The minimum Gasteiger partial charge on any atom is -0.313 e. The van der Waals surface area contributed by atoms with Crippen LogP contribution in [0.1, 0.15) is 28.2 Å². The van der Waals surface area contributed by atoms with Crippen LogP contribution in [0, 0.1) is 0 Å². The van der Waals surface area contributed by atoms with Crippen molar-refractivity contribution < 1.29 is 14.4 Å². The van der Waals surface area contributed by atoms with E-state index in [9.17, 15) is 4.79 Å². The van der Waals surface area contributed by atoms with E-state index in [1.807, 2.05) is 116 Å². The number of hydrazine groups is 1. The van der Waals surface area contributed by atoms with E-state index < -0.39 is 27.5 Å². The summed E-state index contributed by atoms with van der Waals surface area (Å²) in [5.74, 6) is -0.861.